The molecule has 0 fully saturated rings. The Balaban J connectivity index is 1.64. The van der Waals surface area contributed by atoms with E-state index in [1.807, 2.05) is 5.43 Å². The van der Waals surface area contributed by atoms with Crippen molar-refractivity contribution in [1.29, 1.82) is 0 Å². The van der Waals surface area contributed by atoms with Crippen LogP contribution >= 0.6 is 15.9 Å². The van der Waals surface area contributed by atoms with Gasteiger partial charge in [0.05, 0.1) is 17.5 Å². The van der Waals surface area contributed by atoms with Gasteiger partial charge in [-0.05, 0) is 48.5 Å². The standard InChI is InChI=1S/C22H17BrN4O5/c23-14-6-8-15(9-7-14)25-20(30)17-3-1-2-4-18(17)26-21(31)22(32)27-24-12-13-5-10-16(28)11-19(13)29/h1-12,28-29H,(H,25,30)(H,26,31)(H,27,32)/b24-12-. The van der Waals surface area contributed by atoms with Crippen LogP contribution in [0.4, 0.5) is 11.4 Å². The largest absolute Gasteiger partial charge is 0.508 e. The molecule has 32 heavy (non-hydrogen) atoms. The molecule has 5 N–H and O–H groups in total. The molecule has 0 aromatic heterocycles. The maximum Gasteiger partial charge on any atom is 0.329 e. The SMILES string of the molecule is O=C(N/N=C\c1ccc(O)cc1O)C(=O)Nc1ccccc1C(=O)Nc1ccc(Br)cc1. The molecule has 0 aliphatic heterocycles. The van der Waals surface area contributed by atoms with E-state index in [4.69, 9.17) is 0 Å². The monoisotopic (exact) mass is 496 g/mol. The molecule has 0 aliphatic rings. The van der Waals surface area contributed by atoms with E-state index in [1.54, 1.807) is 36.4 Å². The zero-order chi connectivity index (χ0) is 23.1. The molecule has 0 unspecified atom stereocenters. The number of rotatable bonds is 5. The number of phenolic OH excluding ortho intramolecular Hbond substituents is 2. The minimum atomic E-state index is -1.08. The second kappa shape index (κ2) is 10.2. The summed E-state index contributed by atoms with van der Waals surface area (Å²) >= 11 is 3.32. The molecule has 0 bridgehead atoms. The van der Waals surface area contributed by atoms with Crippen LogP contribution < -0.4 is 16.1 Å². The van der Waals surface area contributed by atoms with Crippen LogP contribution in [0.15, 0.2) is 76.3 Å². The Morgan fingerprint density at radius 3 is 2.31 bits per heavy atom. The van der Waals surface area contributed by atoms with Gasteiger partial charge in [0.1, 0.15) is 11.5 Å². The van der Waals surface area contributed by atoms with Crippen molar-refractivity contribution in [2.45, 2.75) is 0 Å². The number of phenols is 2. The average molecular weight is 497 g/mol. The second-order valence-corrected chi connectivity index (χ2v) is 7.32. The second-order valence-electron chi connectivity index (χ2n) is 6.40. The first-order valence-corrected chi connectivity index (χ1v) is 9.95. The summed E-state index contributed by atoms with van der Waals surface area (Å²) in [5.41, 5.74) is 3.11. The number of aromatic hydroxyl groups is 2. The minimum absolute atomic E-state index is 0.133. The van der Waals surface area contributed by atoms with E-state index in [1.165, 1.54) is 24.3 Å². The molecular weight excluding hydrogens is 480 g/mol. The summed E-state index contributed by atoms with van der Waals surface area (Å²) in [7, 11) is 0. The molecule has 3 aromatic carbocycles. The Kier molecular flexibility index (Phi) is 7.19. The van der Waals surface area contributed by atoms with Crippen LogP contribution in [0.3, 0.4) is 0 Å². The number of amides is 3. The number of para-hydroxylation sites is 1. The summed E-state index contributed by atoms with van der Waals surface area (Å²) in [4.78, 5) is 36.9. The quantitative estimate of drug-likeness (QED) is 0.209. The summed E-state index contributed by atoms with van der Waals surface area (Å²) in [5, 5.41) is 27.6. The number of hydrogen-bond donors (Lipinski definition) is 5. The lowest BCUT2D eigenvalue weighted by molar-refractivity contribution is -0.136. The van der Waals surface area contributed by atoms with E-state index in [9.17, 15) is 24.6 Å². The van der Waals surface area contributed by atoms with E-state index < -0.39 is 17.7 Å². The molecule has 0 saturated carbocycles. The number of nitrogens with one attached hydrogen (secondary N) is 3. The van der Waals surface area contributed by atoms with Crippen LogP contribution in [0.5, 0.6) is 11.5 Å². The maximum absolute atomic E-state index is 12.6. The Bertz CT molecular complexity index is 1200. The molecule has 0 aliphatic carbocycles. The fourth-order valence-electron chi connectivity index (χ4n) is 2.55. The van der Waals surface area contributed by atoms with Crippen LogP contribution in [-0.4, -0.2) is 34.1 Å². The van der Waals surface area contributed by atoms with E-state index in [0.717, 1.165) is 16.8 Å². The van der Waals surface area contributed by atoms with Crippen molar-refractivity contribution in [3.8, 4) is 11.5 Å². The normalized spacial score (nSPS) is 10.5. The molecule has 3 aromatic rings. The number of benzene rings is 3. The molecule has 0 heterocycles. The average Bonchev–Trinajstić information content (AvgIpc) is 2.77. The Morgan fingerprint density at radius 2 is 1.59 bits per heavy atom. The summed E-state index contributed by atoms with van der Waals surface area (Å²) < 4.78 is 0.859. The highest BCUT2D eigenvalue weighted by Gasteiger charge is 2.17. The van der Waals surface area contributed by atoms with Gasteiger partial charge in [0, 0.05) is 21.8 Å². The Labute approximate surface area is 190 Å². The van der Waals surface area contributed by atoms with Gasteiger partial charge >= 0.3 is 11.8 Å². The number of hydrazone groups is 1. The van der Waals surface area contributed by atoms with Gasteiger partial charge in [-0.15, -0.1) is 0 Å². The van der Waals surface area contributed by atoms with Gasteiger partial charge in [-0.2, -0.15) is 5.10 Å². The minimum Gasteiger partial charge on any atom is -0.508 e. The van der Waals surface area contributed by atoms with Gasteiger partial charge < -0.3 is 20.8 Å². The van der Waals surface area contributed by atoms with Crippen molar-refractivity contribution in [3.05, 3.63) is 82.3 Å². The first-order valence-electron chi connectivity index (χ1n) is 9.16. The van der Waals surface area contributed by atoms with Gasteiger partial charge in [-0.3, -0.25) is 14.4 Å². The number of carbonyl (C=O) groups is 3. The lowest BCUT2D eigenvalue weighted by atomic mass is 10.1. The molecule has 3 rings (SSSR count). The van der Waals surface area contributed by atoms with Gasteiger partial charge in [-0.25, -0.2) is 5.43 Å². The molecule has 0 saturated heterocycles. The van der Waals surface area contributed by atoms with Crippen LogP contribution in [0, 0.1) is 0 Å². The zero-order valence-corrected chi connectivity index (χ0v) is 18.0. The zero-order valence-electron chi connectivity index (χ0n) is 16.4. The number of anilines is 2. The summed E-state index contributed by atoms with van der Waals surface area (Å²) in [5.74, 6) is -2.97. The topological polar surface area (TPSA) is 140 Å². The molecule has 3 amide bonds. The number of carbonyl (C=O) groups excluding carboxylic acids is 3. The van der Waals surface area contributed by atoms with Crippen molar-refractivity contribution in [3.63, 3.8) is 0 Å². The maximum atomic E-state index is 12.6. The first kappa shape index (κ1) is 22.5. The molecular formula is C22H17BrN4O5. The fraction of sp³-hybridized carbons (Fsp3) is 0. The number of nitrogens with zero attached hydrogens (tertiary/aromatic N) is 1. The molecule has 9 nitrogen and oxygen atoms in total. The highest BCUT2D eigenvalue weighted by atomic mass is 79.9. The molecule has 162 valence electrons. The first-order chi connectivity index (χ1) is 15.3. The van der Waals surface area contributed by atoms with E-state index in [0.29, 0.717) is 5.69 Å². The van der Waals surface area contributed by atoms with Crippen molar-refractivity contribution < 1.29 is 24.6 Å². The van der Waals surface area contributed by atoms with Gasteiger partial charge in [0.15, 0.2) is 0 Å². The van der Waals surface area contributed by atoms with Crippen molar-refractivity contribution >= 4 is 51.2 Å². The summed E-state index contributed by atoms with van der Waals surface area (Å²) in [6, 6.07) is 17.0. The predicted molar refractivity (Wildman–Crippen MR) is 123 cm³/mol. The van der Waals surface area contributed by atoms with Crippen LogP contribution in [0.1, 0.15) is 15.9 Å². The third-order valence-corrected chi connectivity index (χ3v) is 4.64. The fourth-order valence-corrected chi connectivity index (χ4v) is 2.82. The molecule has 10 heteroatoms. The van der Waals surface area contributed by atoms with Gasteiger partial charge in [-0.1, -0.05) is 28.1 Å². The lowest BCUT2D eigenvalue weighted by Gasteiger charge is -2.11. The molecule has 0 atom stereocenters. The van der Waals surface area contributed by atoms with E-state index in [2.05, 4.69) is 31.7 Å². The Morgan fingerprint density at radius 1 is 0.875 bits per heavy atom. The third-order valence-electron chi connectivity index (χ3n) is 4.11. The Hall–Kier alpha value is -4.18. The highest BCUT2D eigenvalue weighted by molar-refractivity contribution is 9.10. The third kappa shape index (κ3) is 5.92. The highest BCUT2D eigenvalue weighted by Crippen LogP contribution is 2.21. The van der Waals surface area contributed by atoms with Crippen LogP contribution in [0.25, 0.3) is 0 Å². The number of hydrogen-bond acceptors (Lipinski definition) is 6. The predicted octanol–water partition coefficient (Wildman–Crippen LogP) is 3.20. The van der Waals surface area contributed by atoms with Crippen molar-refractivity contribution in [1.82, 2.24) is 5.43 Å². The smallest absolute Gasteiger partial charge is 0.329 e. The molecule has 0 spiro atoms. The summed E-state index contributed by atoms with van der Waals surface area (Å²) in [6.45, 7) is 0. The van der Waals surface area contributed by atoms with E-state index in [-0.39, 0.29) is 28.3 Å². The van der Waals surface area contributed by atoms with E-state index >= 15 is 0 Å². The summed E-state index contributed by atoms with van der Waals surface area (Å²) in [6.07, 6.45) is 1.11. The van der Waals surface area contributed by atoms with Gasteiger partial charge in [0.25, 0.3) is 5.91 Å². The lowest BCUT2D eigenvalue weighted by Crippen LogP contribution is -2.33. The number of halogens is 1. The van der Waals surface area contributed by atoms with Crippen molar-refractivity contribution in [2.24, 2.45) is 5.10 Å². The molecule has 0 radical (unpaired) electrons. The van der Waals surface area contributed by atoms with Crippen molar-refractivity contribution in [2.75, 3.05) is 10.6 Å². The van der Waals surface area contributed by atoms with Crippen LogP contribution in [-0.2, 0) is 9.59 Å². The van der Waals surface area contributed by atoms with Gasteiger partial charge in [0.2, 0.25) is 0 Å². The van der Waals surface area contributed by atoms with Crippen LogP contribution in [0.2, 0.25) is 0 Å².